The molecule has 7 heteroatoms. The summed E-state index contributed by atoms with van der Waals surface area (Å²) in [4.78, 5) is 10.8. The van der Waals surface area contributed by atoms with Gasteiger partial charge >= 0.3 is 5.97 Å². The van der Waals surface area contributed by atoms with E-state index in [0.29, 0.717) is 0 Å². The predicted octanol–water partition coefficient (Wildman–Crippen LogP) is 1.84. The summed E-state index contributed by atoms with van der Waals surface area (Å²) in [7, 11) is -3.91. The van der Waals surface area contributed by atoms with Crippen molar-refractivity contribution in [1.82, 2.24) is 4.72 Å². The molecule has 6 nitrogen and oxygen atoms in total. The van der Waals surface area contributed by atoms with Crippen LogP contribution >= 0.6 is 0 Å². The van der Waals surface area contributed by atoms with Gasteiger partial charge in [0.25, 0.3) is 0 Å². The summed E-state index contributed by atoms with van der Waals surface area (Å²) in [6, 6.07) is 0. The zero-order valence-corrected chi connectivity index (χ0v) is 12.1. The lowest BCUT2D eigenvalue weighted by atomic mass is 10.2. The minimum atomic E-state index is -3.91. The number of rotatable bonds is 5. The van der Waals surface area contributed by atoms with E-state index < -0.39 is 16.0 Å². The van der Waals surface area contributed by atoms with E-state index in [9.17, 15) is 13.2 Å². The van der Waals surface area contributed by atoms with Gasteiger partial charge in [-0.25, -0.2) is 17.9 Å². The molecule has 2 N–H and O–H groups in total. The van der Waals surface area contributed by atoms with Gasteiger partial charge < -0.3 is 9.52 Å². The monoisotopic (exact) mass is 287 g/mol. The maximum atomic E-state index is 12.1. The van der Waals surface area contributed by atoms with Crippen LogP contribution in [0.1, 0.15) is 35.7 Å². The van der Waals surface area contributed by atoms with Crippen LogP contribution in [0.5, 0.6) is 0 Å². The molecule has 1 rings (SSSR count). The van der Waals surface area contributed by atoms with Crippen LogP contribution in [0.2, 0.25) is 0 Å². The first-order chi connectivity index (χ1) is 8.66. The second-order valence-electron chi connectivity index (χ2n) is 4.36. The molecule has 1 aromatic rings. The third-order valence-corrected chi connectivity index (χ3v) is 4.05. The van der Waals surface area contributed by atoms with E-state index in [0.717, 1.165) is 5.57 Å². The largest absolute Gasteiger partial charge is 0.478 e. The Morgan fingerprint density at radius 1 is 1.32 bits per heavy atom. The number of hydrogen-bond donors (Lipinski definition) is 2. The molecule has 0 atom stereocenters. The maximum Gasteiger partial charge on any atom is 0.340 e. The average molecular weight is 287 g/mol. The third kappa shape index (κ3) is 3.45. The minimum Gasteiger partial charge on any atom is -0.478 e. The molecule has 0 spiro atoms. The van der Waals surface area contributed by atoms with Crippen LogP contribution in [-0.2, 0) is 10.0 Å². The first-order valence-corrected chi connectivity index (χ1v) is 7.11. The Kier molecular flexibility index (Phi) is 4.54. The summed E-state index contributed by atoms with van der Waals surface area (Å²) in [6.07, 6.45) is 1.69. The quantitative estimate of drug-likeness (QED) is 0.805. The number of hydrogen-bond acceptors (Lipinski definition) is 4. The molecule has 1 heterocycles. The lowest BCUT2D eigenvalue weighted by Crippen LogP contribution is -2.26. The van der Waals surface area contributed by atoms with Gasteiger partial charge in [0.05, 0.1) is 0 Å². The Hall–Kier alpha value is -1.60. The van der Waals surface area contributed by atoms with Gasteiger partial charge in [0.1, 0.15) is 22.0 Å². The number of carbonyl (C=O) groups is 1. The van der Waals surface area contributed by atoms with Gasteiger partial charge in [-0.05, 0) is 27.7 Å². The number of allylic oxidation sites excluding steroid dienone is 1. The molecular weight excluding hydrogens is 270 g/mol. The highest BCUT2D eigenvalue weighted by molar-refractivity contribution is 7.89. The normalized spacial score (nSPS) is 11.4. The SMILES string of the molecule is CC(C)=CCNS(=O)(=O)c1c(C)oc(C)c1C(=O)O. The van der Waals surface area contributed by atoms with Crippen LogP contribution < -0.4 is 4.72 Å². The fraction of sp³-hybridized carbons (Fsp3) is 0.417. The van der Waals surface area contributed by atoms with Crippen molar-refractivity contribution in [1.29, 1.82) is 0 Å². The van der Waals surface area contributed by atoms with Gasteiger partial charge in [-0.1, -0.05) is 11.6 Å². The van der Waals surface area contributed by atoms with E-state index >= 15 is 0 Å². The summed E-state index contributed by atoms with van der Waals surface area (Å²) in [5.41, 5.74) is 0.642. The molecule has 0 aromatic carbocycles. The van der Waals surface area contributed by atoms with Crippen LogP contribution in [0.25, 0.3) is 0 Å². The Morgan fingerprint density at radius 3 is 2.37 bits per heavy atom. The Balaban J connectivity index is 3.22. The van der Waals surface area contributed by atoms with E-state index in [-0.39, 0.29) is 28.5 Å². The van der Waals surface area contributed by atoms with E-state index in [1.165, 1.54) is 13.8 Å². The van der Waals surface area contributed by atoms with Gasteiger partial charge in [-0.3, -0.25) is 0 Å². The minimum absolute atomic E-state index is 0.0691. The summed E-state index contributed by atoms with van der Waals surface area (Å²) in [6.45, 7) is 6.63. The van der Waals surface area contributed by atoms with Crippen molar-refractivity contribution in [2.45, 2.75) is 32.6 Å². The molecule has 0 saturated heterocycles. The first kappa shape index (κ1) is 15.5. The van der Waals surface area contributed by atoms with E-state index in [4.69, 9.17) is 9.52 Å². The van der Waals surface area contributed by atoms with Gasteiger partial charge in [0.2, 0.25) is 10.0 Å². The van der Waals surface area contributed by atoms with Crippen LogP contribution in [0, 0.1) is 13.8 Å². The summed E-state index contributed by atoms with van der Waals surface area (Å²) in [5, 5.41) is 9.07. The van der Waals surface area contributed by atoms with Crippen LogP contribution in [-0.4, -0.2) is 26.0 Å². The molecule has 0 fully saturated rings. The van der Waals surface area contributed by atoms with Crippen molar-refractivity contribution in [3.8, 4) is 0 Å². The second-order valence-corrected chi connectivity index (χ2v) is 6.06. The molecule has 0 saturated carbocycles. The third-order valence-electron chi connectivity index (χ3n) is 2.47. The number of carboxylic acids is 1. The molecule has 0 bridgehead atoms. The molecule has 0 amide bonds. The zero-order chi connectivity index (χ0) is 14.8. The van der Waals surface area contributed by atoms with Crippen LogP contribution in [0.3, 0.4) is 0 Å². The van der Waals surface area contributed by atoms with Gasteiger partial charge in [0, 0.05) is 6.54 Å². The first-order valence-electron chi connectivity index (χ1n) is 5.63. The number of aryl methyl sites for hydroxylation is 2. The fourth-order valence-electron chi connectivity index (χ4n) is 1.66. The molecule has 0 radical (unpaired) electrons. The fourth-order valence-corrected chi connectivity index (χ4v) is 3.03. The van der Waals surface area contributed by atoms with Gasteiger partial charge in [-0.2, -0.15) is 0 Å². The number of aromatic carboxylic acids is 1. The van der Waals surface area contributed by atoms with Crippen LogP contribution in [0.4, 0.5) is 0 Å². The Bertz CT molecular complexity index is 621. The Morgan fingerprint density at radius 2 is 1.89 bits per heavy atom. The van der Waals surface area contributed by atoms with Crippen LogP contribution in [0.15, 0.2) is 21.0 Å². The molecule has 106 valence electrons. The van der Waals surface area contributed by atoms with Crippen molar-refractivity contribution >= 4 is 16.0 Å². The number of furan rings is 1. The molecule has 0 aliphatic rings. The number of sulfonamides is 1. The topological polar surface area (TPSA) is 96.6 Å². The molecule has 1 aromatic heterocycles. The van der Waals surface area contributed by atoms with Gasteiger partial charge in [-0.15, -0.1) is 0 Å². The standard InChI is InChI=1S/C12H17NO5S/c1-7(2)5-6-13-19(16,17)11-9(4)18-8(3)10(11)12(14)15/h5,13H,6H2,1-4H3,(H,14,15). The van der Waals surface area contributed by atoms with Crippen molar-refractivity contribution in [2.75, 3.05) is 6.54 Å². The van der Waals surface area contributed by atoms with Crippen molar-refractivity contribution < 1.29 is 22.7 Å². The highest BCUT2D eigenvalue weighted by Gasteiger charge is 2.30. The maximum absolute atomic E-state index is 12.1. The van der Waals surface area contributed by atoms with Crippen molar-refractivity contribution in [2.24, 2.45) is 0 Å². The lowest BCUT2D eigenvalue weighted by Gasteiger charge is -2.05. The van der Waals surface area contributed by atoms with E-state index in [1.54, 1.807) is 6.08 Å². The molecule has 19 heavy (non-hydrogen) atoms. The van der Waals surface area contributed by atoms with Gasteiger partial charge in [0.15, 0.2) is 0 Å². The summed E-state index contributed by atoms with van der Waals surface area (Å²) >= 11 is 0. The number of nitrogens with one attached hydrogen (secondary N) is 1. The predicted molar refractivity (Wildman–Crippen MR) is 69.8 cm³/mol. The van der Waals surface area contributed by atoms with E-state index in [2.05, 4.69) is 4.72 Å². The molecule has 0 unspecified atom stereocenters. The van der Waals surface area contributed by atoms with E-state index in [1.807, 2.05) is 13.8 Å². The summed E-state index contributed by atoms with van der Waals surface area (Å²) in [5.74, 6) is -1.18. The highest BCUT2D eigenvalue weighted by atomic mass is 32.2. The van der Waals surface area contributed by atoms with Crippen molar-refractivity contribution in [3.63, 3.8) is 0 Å². The Labute approximate surface area is 112 Å². The summed E-state index contributed by atoms with van der Waals surface area (Å²) < 4.78 is 31.7. The smallest absolute Gasteiger partial charge is 0.340 e. The molecule has 0 aliphatic heterocycles. The lowest BCUT2D eigenvalue weighted by molar-refractivity contribution is 0.0691. The van der Waals surface area contributed by atoms with Crippen molar-refractivity contribution in [3.05, 3.63) is 28.7 Å². The highest BCUT2D eigenvalue weighted by Crippen LogP contribution is 2.26. The molecule has 0 aliphatic carbocycles. The zero-order valence-electron chi connectivity index (χ0n) is 11.3. The second kappa shape index (κ2) is 5.58. The average Bonchev–Trinajstić information content (AvgIpc) is 2.53. The molecular formula is C12H17NO5S. The number of carboxylic acid groups (broad SMARTS) is 1.